The molecule has 1 heterocycles. The Balaban J connectivity index is 2.31. The second-order valence-electron chi connectivity index (χ2n) is 5.59. The second kappa shape index (κ2) is 5.02. The van der Waals surface area contributed by atoms with Crippen LogP contribution >= 0.6 is 11.6 Å². The maximum atomic E-state index is 11.9. The maximum Gasteiger partial charge on any atom is 0.243 e. The first-order valence-corrected chi connectivity index (χ1v) is 6.69. The highest BCUT2D eigenvalue weighted by Gasteiger charge is 2.45. The number of carbonyl (C=O) groups excluding carboxylic acids is 1. The Morgan fingerprint density at radius 1 is 1.42 bits per heavy atom. The summed E-state index contributed by atoms with van der Waals surface area (Å²) >= 11 is 6.14. The number of halogens is 1. The fourth-order valence-corrected chi connectivity index (χ4v) is 2.75. The molecule has 1 amide bonds. The number of carbonyl (C=O) groups is 1. The van der Waals surface area contributed by atoms with E-state index in [0.717, 1.165) is 5.69 Å². The van der Waals surface area contributed by atoms with E-state index < -0.39 is 5.54 Å². The van der Waals surface area contributed by atoms with Crippen LogP contribution in [0.1, 0.15) is 26.7 Å². The number of rotatable bonds is 3. The molecule has 0 bridgehead atoms. The van der Waals surface area contributed by atoms with Gasteiger partial charge >= 0.3 is 0 Å². The quantitative estimate of drug-likeness (QED) is 0.895. The fraction of sp³-hybridized carbons (Fsp3) is 0.500. The summed E-state index contributed by atoms with van der Waals surface area (Å²) in [6, 6.07) is 7.34. The molecule has 19 heavy (non-hydrogen) atoms. The van der Waals surface area contributed by atoms with Gasteiger partial charge in [-0.3, -0.25) is 4.79 Å². The van der Waals surface area contributed by atoms with Crippen molar-refractivity contribution in [3.8, 4) is 0 Å². The Morgan fingerprint density at radius 2 is 2.11 bits per heavy atom. The lowest BCUT2D eigenvalue weighted by Crippen LogP contribution is -2.58. The fourth-order valence-electron chi connectivity index (χ4n) is 2.57. The zero-order chi connectivity index (χ0) is 14.1. The first kappa shape index (κ1) is 14.2. The SMILES string of the molecule is CC1(C)CC(Nc2ccccc2Cl)(C(N)=O)CCO1. The van der Waals surface area contributed by atoms with Crippen molar-refractivity contribution in [2.24, 2.45) is 5.73 Å². The van der Waals surface area contributed by atoms with E-state index in [1.165, 1.54) is 0 Å². The molecule has 4 nitrogen and oxygen atoms in total. The molecule has 2 rings (SSSR count). The highest BCUT2D eigenvalue weighted by atomic mass is 35.5. The van der Waals surface area contributed by atoms with Crippen LogP contribution in [0.15, 0.2) is 24.3 Å². The summed E-state index contributed by atoms with van der Waals surface area (Å²) in [5.74, 6) is -0.371. The molecule has 1 fully saturated rings. The predicted octanol–water partition coefficient (Wildman–Crippen LogP) is 2.57. The molecule has 1 aromatic carbocycles. The molecule has 1 atom stereocenters. The summed E-state index contributed by atoms with van der Waals surface area (Å²) in [5, 5.41) is 3.81. The van der Waals surface area contributed by atoms with Crippen LogP contribution in [0.3, 0.4) is 0 Å². The zero-order valence-electron chi connectivity index (χ0n) is 11.2. The van der Waals surface area contributed by atoms with Gasteiger partial charge in [0.25, 0.3) is 0 Å². The lowest BCUT2D eigenvalue weighted by molar-refractivity contribution is -0.133. The van der Waals surface area contributed by atoms with E-state index >= 15 is 0 Å². The predicted molar refractivity (Wildman–Crippen MR) is 76.3 cm³/mol. The average molecular weight is 283 g/mol. The summed E-state index contributed by atoms with van der Waals surface area (Å²) in [7, 11) is 0. The molecule has 104 valence electrons. The number of anilines is 1. The van der Waals surface area contributed by atoms with Gasteiger partial charge in [-0.05, 0) is 26.0 Å². The number of primary amides is 1. The average Bonchev–Trinajstić information content (AvgIpc) is 2.30. The van der Waals surface area contributed by atoms with E-state index in [1.807, 2.05) is 32.0 Å². The standard InChI is InChI=1S/C14H19ClN2O2/c1-13(2)9-14(12(16)18,7-8-19-13)17-11-6-4-3-5-10(11)15/h3-6,17H,7-9H2,1-2H3,(H2,16,18). The molecular formula is C14H19ClN2O2. The van der Waals surface area contributed by atoms with Crippen LogP contribution in [0.25, 0.3) is 0 Å². The monoisotopic (exact) mass is 282 g/mol. The van der Waals surface area contributed by atoms with Crippen molar-refractivity contribution in [3.05, 3.63) is 29.3 Å². The third-order valence-corrected chi connectivity index (χ3v) is 3.80. The molecule has 1 aliphatic rings. The Labute approximate surface area is 118 Å². The molecule has 3 N–H and O–H groups in total. The minimum Gasteiger partial charge on any atom is -0.375 e. The summed E-state index contributed by atoms with van der Waals surface area (Å²) in [6.45, 7) is 4.41. The van der Waals surface area contributed by atoms with Crippen LogP contribution in [0.2, 0.25) is 5.02 Å². The van der Waals surface area contributed by atoms with Gasteiger partial charge in [-0.15, -0.1) is 0 Å². The van der Waals surface area contributed by atoms with Crippen molar-refractivity contribution in [2.75, 3.05) is 11.9 Å². The highest BCUT2D eigenvalue weighted by Crippen LogP contribution is 2.36. The van der Waals surface area contributed by atoms with Crippen LogP contribution in [-0.4, -0.2) is 23.7 Å². The van der Waals surface area contributed by atoms with Gasteiger partial charge in [-0.2, -0.15) is 0 Å². The van der Waals surface area contributed by atoms with Gasteiger partial charge in [0.2, 0.25) is 5.91 Å². The molecular weight excluding hydrogens is 264 g/mol. The van der Waals surface area contributed by atoms with Crippen molar-refractivity contribution in [1.82, 2.24) is 0 Å². The minimum absolute atomic E-state index is 0.371. The van der Waals surface area contributed by atoms with Crippen LogP contribution in [0.4, 0.5) is 5.69 Å². The number of benzene rings is 1. The second-order valence-corrected chi connectivity index (χ2v) is 5.99. The van der Waals surface area contributed by atoms with E-state index in [9.17, 15) is 4.79 Å². The lowest BCUT2D eigenvalue weighted by atomic mass is 9.80. The van der Waals surface area contributed by atoms with Crippen molar-refractivity contribution >= 4 is 23.2 Å². The maximum absolute atomic E-state index is 11.9. The van der Waals surface area contributed by atoms with Gasteiger partial charge in [-0.25, -0.2) is 0 Å². The van der Waals surface area contributed by atoms with Crippen LogP contribution in [0.5, 0.6) is 0 Å². The van der Waals surface area contributed by atoms with Gasteiger partial charge in [0.15, 0.2) is 0 Å². The third-order valence-electron chi connectivity index (χ3n) is 3.47. The van der Waals surface area contributed by atoms with Crippen LogP contribution < -0.4 is 11.1 Å². The van der Waals surface area contributed by atoms with E-state index in [1.54, 1.807) is 6.07 Å². The van der Waals surface area contributed by atoms with Crippen LogP contribution in [0, 0.1) is 0 Å². The van der Waals surface area contributed by atoms with E-state index in [2.05, 4.69) is 5.32 Å². The van der Waals surface area contributed by atoms with Crippen LogP contribution in [-0.2, 0) is 9.53 Å². The summed E-state index contributed by atoms with van der Waals surface area (Å²) in [5.41, 5.74) is 5.14. The van der Waals surface area contributed by atoms with Gasteiger partial charge in [0.05, 0.1) is 22.9 Å². The van der Waals surface area contributed by atoms with Crippen molar-refractivity contribution in [1.29, 1.82) is 0 Å². The van der Waals surface area contributed by atoms with E-state index in [4.69, 9.17) is 22.1 Å². The Hall–Kier alpha value is -1.26. The number of para-hydroxylation sites is 1. The zero-order valence-corrected chi connectivity index (χ0v) is 12.0. The third kappa shape index (κ3) is 3.01. The summed E-state index contributed by atoms with van der Waals surface area (Å²) in [6.07, 6.45) is 1.05. The summed E-state index contributed by atoms with van der Waals surface area (Å²) < 4.78 is 5.66. The van der Waals surface area contributed by atoms with Crippen molar-refractivity contribution in [3.63, 3.8) is 0 Å². The Bertz CT molecular complexity index is 490. The normalized spacial score (nSPS) is 25.8. The minimum atomic E-state index is -0.813. The van der Waals surface area contributed by atoms with Gasteiger partial charge in [-0.1, -0.05) is 23.7 Å². The largest absolute Gasteiger partial charge is 0.375 e. The van der Waals surface area contributed by atoms with E-state index in [-0.39, 0.29) is 11.5 Å². The highest BCUT2D eigenvalue weighted by molar-refractivity contribution is 6.33. The number of hydrogen-bond donors (Lipinski definition) is 2. The molecule has 0 saturated carbocycles. The molecule has 1 aromatic rings. The topological polar surface area (TPSA) is 64.3 Å². The van der Waals surface area contributed by atoms with Crippen molar-refractivity contribution in [2.45, 2.75) is 37.8 Å². The first-order chi connectivity index (χ1) is 8.85. The number of amides is 1. The molecule has 0 spiro atoms. The molecule has 1 aliphatic heterocycles. The molecule has 0 aliphatic carbocycles. The number of nitrogens with two attached hydrogens (primary N) is 1. The van der Waals surface area contributed by atoms with E-state index in [0.29, 0.717) is 24.5 Å². The number of nitrogens with one attached hydrogen (secondary N) is 1. The summed E-state index contributed by atoms with van der Waals surface area (Å²) in [4.78, 5) is 11.9. The molecule has 1 saturated heterocycles. The number of ether oxygens (including phenoxy) is 1. The molecule has 1 unspecified atom stereocenters. The molecule has 0 aromatic heterocycles. The smallest absolute Gasteiger partial charge is 0.243 e. The Kier molecular flexibility index (Phi) is 3.74. The number of hydrogen-bond acceptors (Lipinski definition) is 3. The Morgan fingerprint density at radius 3 is 2.68 bits per heavy atom. The first-order valence-electron chi connectivity index (χ1n) is 6.31. The van der Waals surface area contributed by atoms with Gasteiger partial charge < -0.3 is 15.8 Å². The molecule has 0 radical (unpaired) electrons. The molecule has 5 heteroatoms. The van der Waals surface area contributed by atoms with Gasteiger partial charge in [0, 0.05) is 12.8 Å². The lowest BCUT2D eigenvalue weighted by Gasteiger charge is -2.43. The van der Waals surface area contributed by atoms with Gasteiger partial charge in [0.1, 0.15) is 5.54 Å². The van der Waals surface area contributed by atoms with Crippen molar-refractivity contribution < 1.29 is 9.53 Å².